The summed E-state index contributed by atoms with van der Waals surface area (Å²) >= 11 is 0. The van der Waals surface area contributed by atoms with E-state index in [9.17, 15) is 0 Å². The maximum atomic E-state index is 5.55. The number of ether oxygens (including phenoxy) is 1. The molecule has 82 valence electrons. The van der Waals surface area contributed by atoms with Crippen LogP contribution in [0.3, 0.4) is 0 Å². The summed E-state index contributed by atoms with van der Waals surface area (Å²) in [6.45, 7) is 1.54. The first-order valence-electron chi connectivity index (χ1n) is 5.55. The number of hydrogen-bond donors (Lipinski definition) is 0. The van der Waals surface area contributed by atoms with Crippen LogP contribution in [0, 0.1) is 0 Å². The van der Waals surface area contributed by atoms with Crippen LogP contribution in [0.4, 0.5) is 0 Å². The molecule has 1 aromatic carbocycles. The van der Waals surface area contributed by atoms with Gasteiger partial charge in [-0.15, -0.1) is 0 Å². The van der Waals surface area contributed by atoms with Gasteiger partial charge in [-0.05, 0) is 24.0 Å². The molecule has 16 heavy (non-hydrogen) atoms. The number of fused-ring (bicyclic) bond motifs is 1. The van der Waals surface area contributed by atoms with Crippen LogP contribution < -0.4 is 0 Å². The molecular weight excluding hydrogens is 202 g/mol. The smallest absolute Gasteiger partial charge is 0.167 e. The van der Waals surface area contributed by atoms with Crippen molar-refractivity contribution in [1.29, 1.82) is 0 Å². The van der Waals surface area contributed by atoms with Crippen molar-refractivity contribution in [1.82, 2.24) is 5.16 Å². The summed E-state index contributed by atoms with van der Waals surface area (Å²) in [5, 5.41) is 3.76. The molecule has 3 heteroatoms. The number of aromatic nitrogens is 1. The second-order valence-electron chi connectivity index (χ2n) is 3.98. The fraction of sp³-hybridized carbons (Fsp3) is 0.308. The standard InChI is InChI=1S/C13H13NO2/c1-3-10-9-15-8-2-5-11(10)12(4-1)13-6-7-14-16-13/h1,3-4,6-7H,2,5,8-9H2. The molecule has 1 aliphatic heterocycles. The van der Waals surface area contributed by atoms with Gasteiger partial charge < -0.3 is 9.26 Å². The van der Waals surface area contributed by atoms with E-state index in [1.165, 1.54) is 11.1 Å². The molecule has 1 aliphatic rings. The Bertz CT molecular complexity index is 477. The minimum atomic E-state index is 0.706. The first-order valence-corrected chi connectivity index (χ1v) is 5.55. The largest absolute Gasteiger partial charge is 0.377 e. The van der Waals surface area contributed by atoms with Crippen molar-refractivity contribution in [2.45, 2.75) is 19.4 Å². The lowest BCUT2D eigenvalue weighted by atomic mass is 9.96. The SMILES string of the molecule is c1cc2c(c(-c3ccno3)c1)CCCOC2. The van der Waals surface area contributed by atoms with Crippen molar-refractivity contribution in [3.8, 4) is 11.3 Å². The van der Waals surface area contributed by atoms with Crippen LogP contribution in [0.5, 0.6) is 0 Å². The molecule has 0 bridgehead atoms. The molecule has 0 radical (unpaired) electrons. The quantitative estimate of drug-likeness (QED) is 0.733. The third kappa shape index (κ3) is 1.63. The molecule has 2 aromatic rings. The number of hydrogen-bond acceptors (Lipinski definition) is 3. The van der Waals surface area contributed by atoms with Crippen LogP contribution in [0.15, 0.2) is 35.0 Å². The molecule has 0 unspecified atom stereocenters. The highest BCUT2D eigenvalue weighted by molar-refractivity contribution is 5.63. The Morgan fingerprint density at radius 3 is 3.06 bits per heavy atom. The van der Waals surface area contributed by atoms with Crippen molar-refractivity contribution in [3.05, 3.63) is 41.6 Å². The van der Waals surface area contributed by atoms with Gasteiger partial charge in [-0.25, -0.2) is 0 Å². The lowest BCUT2D eigenvalue weighted by Crippen LogP contribution is -1.94. The van der Waals surface area contributed by atoms with Crippen molar-refractivity contribution in [2.24, 2.45) is 0 Å². The van der Waals surface area contributed by atoms with E-state index in [0.717, 1.165) is 30.8 Å². The van der Waals surface area contributed by atoms with Gasteiger partial charge in [0.15, 0.2) is 5.76 Å². The maximum absolute atomic E-state index is 5.55. The number of rotatable bonds is 1. The summed E-state index contributed by atoms with van der Waals surface area (Å²) in [6.07, 6.45) is 3.80. The Balaban J connectivity index is 2.12. The first kappa shape index (κ1) is 9.60. The summed E-state index contributed by atoms with van der Waals surface area (Å²) in [4.78, 5) is 0. The van der Waals surface area contributed by atoms with E-state index in [2.05, 4.69) is 17.3 Å². The zero-order valence-electron chi connectivity index (χ0n) is 8.98. The van der Waals surface area contributed by atoms with E-state index >= 15 is 0 Å². The van der Waals surface area contributed by atoms with Gasteiger partial charge in [0.1, 0.15) is 0 Å². The molecule has 0 atom stereocenters. The second-order valence-corrected chi connectivity index (χ2v) is 3.98. The van der Waals surface area contributed by atoms with E-state index in [1.807, 2.05) is 12.1 Å². The summed E-state index contributed by atoms with van der Waals surface area (Å²) < 4.78 is 10.8. The average molecular weight is 215 g/mol. The van der Waals surface area contributed by atoms with Gasteiger partial charge in [0, 0.05) is 18.2 Å². The molecule has 0 saturated heterocycles. The minimum absolute atomic E-state index is 0.706. The Morgan fingerprint density at radius 1 is 1.19 bits per heavy atom. The molecular formula is C13H13NO2. The molecule has 0 N–H and O–H groups in total. The Labute approximate surface area is 94.0 Å². The third-order valence-electron chi connectivity index (χ3n) is 2.95. The molecule has 3 nitrogen and oxygen atoms in total. The monoisotopic (exact) mass is 215 g/mol. The Hall–Kier alpha value is -1.61. The molecule has 0 spiro atoms. The molecule has 0 amide bonds. The zero-order valence-corrected chi connectivity index (χ0v) is 8.98. The van der Waals surface area contributed by atoms with Crippen LogP contribution >= 0.6 is 0 Å². The summed E-state index contributed by atoms with van der Waals surface area (Å²) in [5.41, 5.74) is 3.77. The molecule has 1 aromatic heterocycles. The first-order chi connectivity index (χ1) is 7.95. The van der Waals surface area contributed by atoms with E-state index in [0.29, 0.717) is 6.61 Å². The average Bonchev–Trinajstić information content (AvgIpc) is 2.73. The molecule has 0 saturated carbocycles. The number of nitrogens with zero attached hydrogens (tertiary/aromatic N) is 1. The Kier molecular flexibility index (Phi) is 2.46. The van der Waals surface area contributed by atoms with E-state index in [-0.39, 0.29) is 0 Å². The third-order valence-corrected chi connectivity index (χ3v) is 2.95. The van der Waals surface area contributed by atoms with Gasteiger partial charge in [-0.3, -0.25) is 0 Å². The normalized spacial score (nSPS) is 15.5. The summed E-state index contributed by atoms with van der Waals surface area (Å²) in [5.74, 6) is 0.846. The lowest BCUT2D eigenvalue weighted by Gasteiger charge is -2.08. The van der Waals surface area contributed by atoms with Gasteiger partial charge >= 0.3 is 0 Å². The Morgan fingerprint density at radius 2 is 2.19 bits per heavy atom. The predicted octanol–water partition coefficient (Wildman–Crippen LogP) is 2.80. The van der Waals surface area contributed by atoms with Crippen molar-refractivity contribution < 1.29 is 9.26 Å². The highest BCUT2D eigenvalue weighted by atomic mass is 16.5. The van der Waals surface area contributed by atoms with Crippen LogP contribution in [0.1, 0.15) is 17.5 Å². The zero-order chi connectivity index (χ0) is 10.8. The topological polar surface area (TPSA) is 35.3 Å². The van der Waals surface area contributed by atoms with E-state index in [1.54, 1.807) is 6.20 Å². The van der Waals surface area contributed by atoms with Crippen molar-refractivity contribution in [3.63, 3.8) is 0 Å². The van der Waals surface area contributed by atoms with Gasteiger partial charge in [0.2, 0.25) is 0 Å². The van der Waals surface area contributed by atoms with E-state index in [4.69, 9.17) is 9.26 Å². The van der Waals surface area contributed by atoms with E-state index < -0.39 is 0 Å². The van der Waals surface area contributed by atoms with Crippen molar-refractivity contribution in [2.75, 3.05) is 6.61 Å². The van der Waals surface area contributed by atoms with Gasteiger partial charge in [0.25, 0.3) is 0 Å². The molecule has 2 heterocycles. The van der Waals surface area contributed by atoms with Gasteiger partial charge in [-0.1, -0.05) is 23.4 Å². The molecule has 0 fully saturated rings. The predicted molar refractivity (Wildman–Crippen MR) is 59.9 cm³/mol. The minimum Gasteiger partial charge on any atom is -0.377 e. The van der Waals surface area contributed by atoms with Crippen LogP contribution in [0.25, 0.3) is 11.3 Å². The van der Waals surface area contributed by atoms with Crippen LogP contribution in [0.2, 0.25) is 0 Å². The second kappa shape index (κ2) is 4.10. The van der Waals surface area contributed by atoms with Crippen LogP contribution in [-0.4, -0.2) is 11.8 Å². The highest BCUT2D eigenvalue weighted by Gasteiger charge is 2.14. The van der Waals surface area contributed by atoms with Crippen molar-refractivity contribution >= 4 is 0 Å². The van der Waals surface area contributed by atoms with Gasteiger partial charge in [0.05, 0.1) is 12.8 Å². The summed E-state index contributed by atoms with van der Waals surface area (Å²) in [6, 6.07) is 8.16. The fourth-order valence-corrected chi connectivity index (χ4v) is 2.18. The maximum Gasteiger partial charge on any atom is 0.167 e. The summed E-state index contributed by atoms with van der Waals surface area (Å²) in [7, 11) is 0. The lowest BCUT2D eigenvalue weighted by molar-refractivity contribution is 0.125. The van der Waals surface area contributed by atoms with Gasteiger partial charge in [-0.2, -0.15) is 0 Å². The highest BCUT2D eigenvalue weighted by Crippen LogP contribution is 2.29. The number of benzene rings is 1. The molecule has 3 rings (SSSR count). The van der Waals surface area contributed by atoms with Crippen LogP contribution in [-0.2, 0) is 17.8 Å². The fourth-order valence-electron chi connectivity index (χ4n) is 2.18. The molecule has 0 aliphatic carbocycles.